The first-order valence-electron chi connectivity index (χ1n) is 9.62. The predicted octanol–water partition coefficient (Wildman–Crippen LogP) is 2.68. The Morgan fingerprint density at radius 1 is 1.10 bits per heavy atom. The number of benzene rings is 1. The van der Waals surface area contributed by atoms with E-state index < -0.39 is 0 Å². The molecule has 0 spiro atoms. The Morgan fingerprint density at radius 3 is 2.34 bits per heavy atom. The highest BCUT2D eigenvalue weighted by Gasteiger charge is 2.20. The van der Waals surface area contributed by atoms with E-state index in [0.29, 0.717) is 16.8 Å². The summed E-state index contributed by atoms with van der Waals surface area (Å²) in [7, 11) is 1.61. The Bertz CT molecular complexity index is 1100. The van der Waals surface area contributed by atoms with Crippen molar-refractivity contribution in [2.45, 2.75) is 53.2 Å². The van der Waals surface area contributed by atoms with E-state index in [1.807, 2.05) is 56.6 Å². The van der Waals surface area contributed by atoms with Crippen LogP contribution in [-0.4, -0.2) is 32.6 Å². The second-order valence-electron chi connectivity index (χ2n) is 7.46. The van der Waals surface area contributed by atoms with Gasteiger partial charge in [-0.2, -0.15) is 10.2 Å². The SMILES string of the molecule is COc1ccc([C@H](C)NC(=O)Cn2nc(C)c3c(c(C)nn3C(C)C)c2=O)cc1. The van der Waals surface area contributed by atoms with E-state index in [9.17, 15) is 9.59 Å². The largest absolute Gasteiger partial charge is 0.497 e. The van der Waals surface area contributed by atoms with Crippen molar-refractivity contribution in [2.24, 2.45) is 0 Å². The third-order valence-electron chi connectivity index (χ3n) is 4.92. The summed E-state index contributed by atoms with van der Waals surface area (Å²) < 4.78 is 8.18. The van der Waals surface area contributed by atoms with Crippen LogP contribution >= 0.6 is 0 Å². The smallest absolute Gasteiger partial charge is 0.278 e. The molecule has 1 atom stereocenters. The topological polar surface area (TPSA) is 91.0 Å². The maximum atomic E-state index is 13.0. The molecule has 8 heteroatoms. The van der Waals surface area contributed by atoms with Crippen molar-refractivity contribution in [1.29, 1.82) is 0 Å². The molecule has 2 aromatic heterocycles. The van der Waals surface area contributed by atoms with Crippen LogP contribution in [0.2, 0.25) is 0 Å². The molecule has 0 aliphatic rings. The number of carbonyl (C=O) groups excluding carboxylic acids is 1. The minimum atomic E-state index is -0.303. The van der Waals surface area contributed by atoms with Gasteiger partial charge in [0.2, 0.25) is 5.91 Å². The van der Waals surface area contributed by atoms with E-state index in [1.165, 1.54) is 4.68 Å². The summed E-state index contributed by atoms with van der Waals surface area (Å²) in [4.78, 5) is 25.5. The van der Waals surface area contributed by atoms with E-state index >= 15 is 0 Å². The second-order valence-corrected chi connectivity index (χ2v) is 7.46. The molecule has 3 rings (SSSR count). The molecule has 0 aliphatic carbocycles. The van der Waals surface area contributed by atoms with Gasteiger partial charge in [-0.15, -0.1) is 0 Å². The van der Waals surface area contributed by atoms with Crippen LogP contribution in [0.1, 0.15) is 49.8 Å². The zero-order chi connectivity index (χ0) is 21.3. The number of methoxy groups -OCH3 is 1. The Kier molecular flexibility index (Phi) is 5.72. The normalized spacial score (nSPS) is 12.4. The number of aromatic nitrogens is 4. The average Bonchev–Trinajstić information content (AvgIpc) is 3.04. The minimum Gasteiger partial charge on any atom is -0.497 e. The van der Waals surface area contributed by atoms with Crippen LogP contribution in [-0.2, 0) is 11.3 Å². The van der Waals surface area contributed by atoms with Gasteiger partial charge in [-0.25, -0.2) is 4.68 Å². The summed E-state index contributed by atoms with van der Waals surface area (Å²) in [5.41, 5.74) is 2.68. The minimum absolute atomic E-state index is 0.107. The van der Waals surface area contributed by atoms with Gasteiger partial charge in [0, 0.05) is 6.04 Å². The van der Waals surface area contributed by atoms with Crippen LogP contribution in [0, 0.1) is 13.8 Å². The maximum absolute atomic E-state index is 13.0. The number of rotatable bonds is 6. The highest BCUT2D eigenvalue weighted by atomic mass is 16.5. The van der Waals surface area contributed by atoms with Gasteiger partial charge in [0.15, 0.2) is 0 Å². The quantitative estimate of drug-likeness (QED) is 0.691. The molecular formula is C21H27N5O3. The van der Waals surface area contributed by atoms with Crippen molar-refractivity contribution in [3.05, 3.63) is 51.6 Å². The molecule has 0 saturated heterocycles. The molecule has 0 aliphatic heterocycles. The fraction of sp³-hybridized carbons (Fsp3) is 0.429. The second kappa shape index (κ2) is 8.06. The first kappa shape index (κ1) is 20.6. The number of hydrogen-bond donors (Lipinski definition) is 1. The van der Waals surface area contributed by atoms with Crippen molar-refractivity contribution in [1.82, 2.24) is 24.9 Å². The summed E-state index contributed by atoms with van der Waals surface area (Å²) in [6.07, 6.45) is 0. The summed E-state index contributed by atoms with van der Waals surface area (Å²) in [6, 6.07) is 7.38. The van der Waals surface area contributed by atoms with Gasteiger partial charge in [-0.05, 0) is 52.3 Å². The molecule has 1 amide bonds. The van der Waals surface area contributed by atoms with E-state index in [-0.39, 0.29) is 30.1 Å². The molecule has 0 fully saturated rings. The van der Waals surface area contributed by atoms with Gasteiger partial charge in [0.1, 0.15) is 12.3 Å². The number of hydrogen-bond acceptors (Lipinski definition) is 5. The molecule has 29 heavy (non-hydrogen) atoms. The number of amides is 1. The third kappa shape index (κ3) is 4.01. The first-order chi connectivity index (χ1) is 13.7. The number of carbonyl (C=O) groups is 1. The number of nitrogens with zero attached hydrogens (tertiary/aromatic N) is 4. The van der Waals surface area contributed by atoms with Gasteiger partial charge in [0.05, 0.1) is 35.4 Å². The predicted molar refractivity (Wildman–Crippen MR) is 111 cm³/mol. The molecule has 1 N–H and O–H groups in total. The standard InChI is InChI=1S/C21H27N5O3/c1-12(2)26-20-15(5)23-25(21(28)19(20)14(4)24-26)11-18(27)22-13(3)16-7-9-17(29-6)10-8-16/h7-10,12-13H,11H2,1-6H3,(H,22,27)/t13-/m0/s1. The van der Waals surface area contributed by atoms with Gasteiger partial charge in [-0.1, -0.05) is 12.1 Å². The van der Waals surface area contributed by atoms with E-state index in [4.69, 9.17) is 4.74 Å². The molecule has 3 aromatic rings. The van der Waals surface area contributed by atoms with Crippen molar-refractivity contribution in [3.8, 4) is 5.75 Å². The highest BCUT2D eigenvalue weighted by molar-refractivity contribution is 5.83. The molecule has 0 bridgehead atoms. The van der Waals surface area contributed by atoms with Crippen LogP contribution in [0.15, 0.2) is 29.1 Å². The van der Waals surface area contributed by atoms with Crippen LogP contribution in [0.25, 0.3) is 10.9 Å². The highest BCUT2D eigenvalue weighted by Crippen LogP contribution is 2.20. The molecule has 1 aromatic carbocycles. The van der Waals surface area contributed by atoms with Gasteiger partial charge in [-0.3, -0.25) is 14.3 Å². The van der Waals surface area contributed by atoms with Gasteiger partial charge >= 0.3 is 0 Å². The Balaban J connectivity index is 1.84. The fourth-order valence-electron chi connectivity index (χ4n) is 3.43. The van der Waals surface area contributed by atoms with E-state index in [1.54, 1.807) is 14.0 Å². The molecule has 8 nitrogen and oxygen atoms in total. The average molecular weight is 397 g/mol. The molecule has 0 unspecified atom stereocenters. The molecule has 2 heterocycles. The summed E-state index contributed by atoms with van der Waals surface area (Å²) in [5, 5.41) is 12.3. The summed E-state index contributed by atoms with van der Waals surface area (Å²) in [5.74, 6) is 0.472. The Morgan fingerprint density at radius 2 is 1.76 bits per heavy atom. The molecule has 0 saturated carbocycles. The summed E-state index contributed by atoms with van der Waals surface area (Å²) >= 11 is 0. The van der Waals surface area contributed by atoms with E-state index in [2.05, 4.69) is 15.5 Å². The Hall–Kier alpha value is -3.16. The monoisotopic (exact) mass is 397 g/mol. The molecule has 154 valence electrons. The van der Waals surface area contributed by atoms with Crippen molar-refractivity contribution in [3.63, 3.8) is 0 Å². The van der Waals surface area contributed by atoms with E-state index in [0.717, 1.165) is 16.8 Å². The van der Waals surface area contributed by atoms with Crippen LogP contribution in [0.4, 0.5) is 0 Å². The zero-order valence-electron chi connectivity index (χ0n) is 17.7. The number of ether oxygens (including phenoxy) is 1. The van der Waals surface area contributed by atoms with Crippen molar-refractivity contribution in [2.75, 3.05) is 7.11 Å². The Labute approximate surface area is 169 Å². The lowest BCUT2D eigenvalue weighted by molar-refractivity contribution is -0.122. The number of aryl methyl sites for hydroxylation is 2. The lowest BCUT2D eigenvalue weighted by Gasteiger charge is -2.15. The van der Waals surface area contributed by atoms with Crippen LogP contribution in [0.3, 0.4) is 0 Å². The van der Waals surface area contributed by atoms with Crippen molar-refractivity contribution < 1.29 is 9.53 Å². The van der Waals surface area contributed by atoms with Crippen LogP contribution in [0.5, 0.6) is 5.75 Å². The number of nitrogens with one attached hydrogen (secondary N) is 1. The maximum Gasteiger partial charge on any atom is 0.278 e. The summed E-state index contributed by atoms with van der Waals surface area (Å²) in [6.45, 7) is 9.38. The van der Waals surface area contributed by atoms with Crippen LogP contribution < -0.4 is 15.6 Å². The van der Waals surface area contributed by atoms with Crippen molar-refractivity contribution >= 4 is 16.8 Å². The molecule has 0 radical (unpaired) electrons. The van der Waals surface area contributed by atoms with Gasteiger partial charge < -0.3 is 10.1 Å². The fourth-order valence-corrected chi connectivity index (χ4v) is 3.43. The van der Waals surface area contributed by atoms with Gasteiger partial charge in [0.25, 0.3) is 5.56 Å². The molecular weight excluding hydrogens is 370 g/mol. The first-order valence-corrected chi connectivity index (χ1v) is 9.62. The zero-order valence-corrected chi connectivity index (χ0v) is 17.7. The lowest BCUT2D eigenvalue weighted by Crippen LogP contribution is -2.35. The lowest BCUT2D eigenvalue weighted by atomic mass is 10.1. The third-order valence-corrected chi connectivity index (χ3v) is 4.92. The number of fused-ring (bicyclic) bond motifs is 1.